The third-order valence-corrected chi connectivity index (χ3v) is 8.85. The van der Waals surface area contributed by atoms with Crippen LogP contribution in [-0.2, 0) is 0 Å². The van der Waals surface area contributed by atoms with Crippen LogP contribution in [0.1, 0.15) is 48.9 Å². The summed E-state index contributed by atoms with van der Waals surface area (Å²) < 4.78 is 0. The van der Waals surface area contributed by atoms with Gasteiger partial charge in [-0.25, -0.2) is 9.97 Å². The Morgan fingerprint density at radius 2 is 1.76 bits per heavy atom. The summed E-state index contributed by atoms with van der Waals surface area (Å²) in [5.74, 6) is 1.70. The van der Waals surface area contributed by atoms with E-state index in [1.165, 1.54) is 6.42 Å². The van der Waals surface area contributed by atoms with Crippen molar-refractivity contribution in [3.05, 3.63) is 71.5 Å². The average molecular weight is 513 g/mol. The van der Waals surface area contributed by atoms with Crippen LogP contribution in [0.4, 0.5) is 11.6 Å². The third kappa shape index (κ3) is 3.93. The summed E-state index contributed by atoms with van der Waals surface area (Å²) >= 11 is 6.59. The molecule has 0 radical (unpaired) electrons. The molecule has 2 aromatic heterocycles. The number of hydrogen-bond acceptors (Lipinski definition) is 5. The lowest BCUT2D eigenvalue weighted by atomic mass is 9.50. The van der Waals surface area contributed by atoms with Crippen LogP contribution in [0, 0.1) is 11.8 Å². The number of carbonyl (C=O) groups excluding carboxylic acids is 1. The standard InChI is InChI=1S/C29H29ClN6O/c30-23-15-33-27(34-25(23)22-14-32-24-4-2-1-3-21(22)24)36-29-12-17-9-18(13-29)11-28(10-17,16-29)35-26(37)19-5-7-20(31)8-6-19/h1-8,14-15,17-18,32H,9-13,16,31H2,(H,35,37)(H,33,34,36). The first-order valence-electron chi connectivity index (χ1n) is 12.9. The number of para-hydroxylation sites is 1. The molecular formula is C29H29ClN6O. The molecule has 4 aliphatic carbocycles. The molecule has 5 N–H and O–H groups in total. The molecule has 2 atom stereocenters. The van der Waals surface area contributed by atoms with Gasteiger partial charge in [0, 0.05) is 45.0 Å². The van der Waals surface area contributed by atoms with Crippen molar-refractivity contribution in [2.24, 2.45) is 11.8 Å². The summed E-state index contributed by atoms with van der Waals surface area (Å²) in [6.45, 7) is 0. The van der Waals surface area contributed by atoms with Gasteiger partial charge >= 0.3 is 0 Å². The number of aromatic amines is 1. The molecule has 2 heterocycles. The van der Waals surface area contributed by atoms with E-state index >= 15 is 0 Å². The highest BCUT2D eigenvalue weighted by atomic mass is 35.5. The minimum Gasteiger partial charge on any atom is -0.399 e. The first-order valence-corrected chi connectivity index (χ1v) is 13.3. The zero-order chi connectivity index (χ0) is 25.2. The van der Waals surface area contributed by atoms with Crippen LogP contribution in [0.2, 0.25) is 5.02 Å². The molecule has 37 heavy (non-hydrogen) atoms. The van der Waals surface area contributed by atoms with Crippen LogP contribution in [0.5, 0.6) is 0 Å². The number of nitrogens with one attached hydrogen (secondary N) is 3. The highest BCUT2D eigenvalue weighted by Crippen LogP contribution is 2.58. The van der Waals surface area contributed by atoms with E-state index in [1.54, 1.807) is 30.5 Å². The largest absolute Gasteiger partial charge is 0.399 e. The summed E-state index contributed by atoms with van der Waals surface area (Å²) in [6.07, 6.45) is 9.91. The fourth-order valence-corrected chi connectivity index (χ4v) is 7.82. The fraction of sp³-hybridized carbons (Fsp3) is 0.345. The molecule has 2 unspecified atom stereocenters. The molecule has 8 heteroatoms. The summed E-state index contributed by atoms with van der Waals surface area (Å²) in [5, 5.41) is 8.80. The van der Waals surface area contributed by atoms with Crippen molar-refractivity contribution in [1.29, 1.82) is 0 Å². The van der Waals surface area contributed by atoms with E-state index in [0.29, 0.717) is 39.8 Å². The van der Waals surface area contributed by atoms with Gasteiger partial charge in [0.05, 0.1) is 16.9 Å². The van der Waals surface area contributed by atoms with Crippen molar-refractivity contribution in [3.8, 4) is 11.3 Å². The SMILES string of the molecule is Nc1ccc(C(=O)NC23CC4CC(C2)CC(Nc2ncc(Cl)c(-c5c[nH]c6ccccc56)n2)(C4)C3)cc1. The zero-order valence-electron chi connectivity index (χ0n) is 20.4. The minimum atomic E-state index is -0.221. The van der Waals surface area contributed by atoms with E-state index in [0.717, 1.165) is 48.6 Å². The maximum absolute atomic E-state index is 13.2. The van der Waals surface area contributed by atoms with Crippen molar-refractivity contribution in [1.82, 2.24) is 20.3 Å². The minimum absolute atomic E-state index is 0.0264. The Balaban J connectivity index is 1.18. The molecule has 2 aromatic carbocycles. The second-order valence-electron chi connectivity index (χ2n) is 11.4. The summed E-state index contributed by atoms with van der Waals surface area (Å²) in [5.41, 5.74) is 9.48. The van der Waals surface area contributed by atoms with Crippen LogP contribution in [-0.4, -0.2) is 31.9 Å². The number of benzene rings is 2. The van der Waals surface area contributed by atoms with Gasteiger partial charge in [0.2, 0.25) is 5.95 Å². The molecular weight excluding hydrogens is 484 g/mol. The molecule has 4 aromatic rings. The molecule has 7 nitrogen and oxygen atoms in total. The Hall–Kier alpha value is -3.58. The van der Waals surface area contributed by atoms with Gasteiger partial charge in [-0.15, -0.1) is 0 Å². The predicted molar refractivity (Wildman–Crippen MR) is 146 cm³/mol. The van der Waals surface area contributed by atoms with Gasteiger partial charge in [-0.05, 0) is 80.7 Å². The number of nitrogens with zero attached hydrogens (tertiary/aromatic N) is 2. The van der Waals surface area contributed by atoms with E-state index < -0.39 is 0 Å². The number of nitrogens with two attached hydrogens (primary N) is 1. The van der Waals surface area contributed by atoms with Crippen molar-refractivity contribution in [2.45, 2.75) is 49.6 Å². The number of rotatable bonds is 5. The van der Waals surface area contributed by atoms with Gasteiger partial charge in [0.25, 0.3) is 5.91 Å². The molecule has 1 amide bonds. The normalized spacial score (nSPS) is 27.9. The number of fused-ring (bicyclic) bond motifs is 1. The maximum atomic E-state index is 13.2. The Bertz CT molecular complexity index is 1500. The van der Waals surface area contributed by atoms with Crippen LogP contribution in [0.25, 0.3) is 22.2 Å². The van der Waals surface area contributed by atoms with Crippen molar-refractivity contribution in [2.75, 3.05) is 11.1 Å². The molecule has 0 spiro atoms. The van der Waals surface area contributed by atoms with E-state index in [2.05, 4.69) is 26.7 Å². The summed E-state index contributed by atoms with van der Waals surface area (Å²) in [6, 6.07) is 15.3. The second-order valence-corrected chi connectivity index (χ2v) is 11.8. The van der Waals surface area contributed by atoms with Crippen LogP contribution < -0.4 is 16.4 Å². The topological polar surface area (TPSA) is 109 Å². The van der Waals surface area contributed by atoms with Gasteiger partial charge in [-0.1, -0.05) is 29.8 Å². The average Bonchev–Trinajstić information content (AvgIpc) is 3.28. The van der Waals surface area contributed by atoms with Gasteiger partial charge in [0.1, 0.15) is 0 Å². The van der Waals surface area contributed by atoms with E-state index in [9.17, 15) is 4.79 Å². The van der Waals surface area contributed by atoms with E-state index in [-0.39, 0.29) is 17.0 Å². The summed E-state index contributed by atoms with van der Waals surface area (Å²) in [7, 11) is 0. The summed E-state index contributed by atoms with van der Waals surface area (Å²) in [4.78, 5) is 26.0. The van der Waals surface area contributed by atoms with Crippen LogP contribution in [0.15, 0.2) is 60.9 Å². The Morgan fingerprint density at radius 3 is 2.54 bits per heavy atom. The number of amides is 1. The Labute approximate surface area is 220 Å². The predicted octanol–water partition coefficient (Wildman–Crippen LogP) is 5.79. The Morgan fingerprint density at radius 1 is 1.03 bits per heavy atom. The smallest absolute Gasteiger partial charge is 0.251 e. The molecule has 0 aliphatic heterocycles. The highest BCUT2D eigenvalue weighted by molar-refractivity contribution is 6.33. The van der Waals surface area contributed by atoms with Gasteiger partial charge in [-0.2, -0.15) is 0 Å². The van der Waals surface area contributed by atoms with Crippen LogP contribution >= 0.6 is 11.6 Å². The lowest BCUT2D eigenvalue weighted by Gasteiger charge is -2.62. The lowest BCUT2D eigenvalue weighted by Crippen LogP contribution is -2.67. The number of aromatic nitrogens is 3. The van der Waals surface area contributed by atoms with Crippen molar-refractivity contribution < 1.29 is 4.79 Å². The fourth-order valence-electron chi connectivity index (χ4n) is 7.62. The number of anilines is 2. The molecule has 8 rings (SSSR count). The first-order chi connectivity index (χ1) is 17.9. The molecule has 0 saturated heterocycles. The molecule has 4 saturated carbocycles. The molecule has 188 valence electrons. The first kappa shape index (κ1) is 22.6. The van der Waals surface area contributed by atoms with Gasteiger partial charge in [-0.3, -0.25) is 4.79 Å². The highest BCUT2D eigenvalue weighted by Gasteiger charge is 2.58. The van der Waals surface area contributed by atoms with E-state index in [1.807, 2.05) is 24.4 Å². The molecule has 4 fully saturated rings. The number of carbonyl (C=O) groups is 1. The second kappa shape index (κ2) is 8.21. The third-order valence-electron chi connectivity index (χ3n) is 8.58. The Kier molecular flexibility index (Phi) is 5.02. The quantitative estimate of drug-likeness (QED) is 0.253. The number of hydrogen-bond donors (Lipinski definition) is 4. The molecule has 4 bridgehead atoms. The number of H-pyrrole nitrogens is 1. The lowest BCUT2D eigenvalue weighted by molar-refractivity contribution is -0.0238. The van der Waals surface area contributed by atoms with Crippen LogP contribution in [0.3, 0.4) is 0 Å². The monoisotopic (exact) mass is 512 g/mol. The van der Waals surface area contributed by atoms with E-state index in [4.69, 9.17) is 22.3 Å². The zero-order valence-corrected chi connectivity index (χ0v) is 21.2. The van der Waals surface area contributed by atoms with Crippen molar-refractivity contribution >= 4 is 40.0 Å². The van der Waals surface area contributed by atoms with Gasteiger partial charge in [0.15, 0.2) is 0 Å². The number of halogens is 1. The van der Waals surface area contributed by atoms with Gasteiger partial charge < -0.3 is 21.4 Å². The van der Waals surface area contributed by atoms with Crippen molar-refractivity contribution in [3.63, 3.8) is 0 Å². The maximum Gasteiger partial charge on any atom is 0.251 e. The molecule has 4 aliphatic rings. The number of nitrogen functional groups attached to an aromatic ring is 1.